The highest BCUT2D eigenvalue weighted by Gasteiger charge is 2.15. The van der Waals surface area contributed by atoms with Gasteiger partial charge < -0.3 is 24.9 Å². The molecule has 5 nitrogen and oxygen atoms in total. The lowest BCUT2D eigenvalue weighted by Gasteiger charge is -2.14. The van der Waals surface area contributed by atoms with E-state index in [1.165, 1.54) is 0 Å². The second-order valence-electron chi connectivity index (χ2n) is 2.10. The summed E-state index contributed by atoms with van der Waals surface area (Å²) in [6.45, 7) is -0.250. The largest absolute Gasteiger partial charge is 0.707 e. The van der Waals surface area contributed by atoms with Crippen LogP contribution < -0.4 is 0 Å². The Hall–Kier alpha value is -0.555. The minimum absolute atomic E-state index is 0.125. The summed E-state index contributed by atoms with van der Waals surface area (Å²) < 4.78 is 4.46. The van der Waals surface area contributed by atoms with Crippen molar-refractivity contribution in [2.24, 2.45) is 0 Å². The van der Waals surface area contributed by atoms with Crippen LogP contribution in [0.15, 0.2) is 11.8 Å². The summed E-state index contributed by atoms with van der Waals surface area (Å²) in [4.78, 5) is 0. The lowest BCUT2D eigenvalue weighted by Crippen LogP contribution is -2.18. The summed E-state index contributed by atoms with van der Waals surface area (Å²) >= 11 is 0. The molecule has 12 heavy (non-hydrogen) atoms. The van der Waals surface area contributed by atoms with E-state index >= 15 is 0 Å². The van der Waals surface area contributed by atoms with Gasteiger partial charge in [-0.2, -0.15) is 0 Å². The van der Waals surface area contributed by atoms with Crippen LogP contribution in [0.1, 0.15) is 12.8 Å². The van der Waals surface area contributed by atoms with Gasteiger partial charge in [0.15, 0.2) is 0 Å². The third kappa shape index (κ3) is 6.17. The number of aliphatic hydroxyl groups excluding tert-OH is 2. The van der Waals surface area contributed by atoms with Crippen LogP contribution in [-0.4, -0.2) is 40.8 Å². The smallest absolute Gasteiger partial charge is 0.516 e. The first-order valence-electron chi connectivity index (χ1n) is 3.64. The van der Waals surface area contributed by atoms with Gasteiger partial charge in [-0.05, 0) is 12.5 Å². The highest BCUT2D eigenvalue weighted by molar-refractivity contribution is 6.33. The molecule has 6 heteroatoms. The number of hydrogen-bond acceptors (Lipinski definition) is 5. The Morgan fingerprint density at radius 2 is 1.83 bits per heavy atom. The molecule has 4 N–H and O–H groups in total. The van der Waals surface area contributed by atoms with Crippen molar-refractivity contribution in [1.82, 2.24) is 0 Å². The highest BCUT2D eigenvalue weighted by Crippen LogP contribution is 2.18. The van der Waals surface area contributed by atoms with Crippen molar-refractivity contribution in [2.75, 3.05) is 13.2 Å². The lowest BCUT2D eigenvalue weighted by atomic mass is 10.1. The molecule has 0 aromatic carbocycles. The van der Waals surface area contributed by atoms with Gasteiger partial charge in [0.25, 0.3) is 0 Å². The van der Waals surface area contributed by atoms with Crippen LogP contribution in [0.25, 0.3) is 0 Å². The molecule has 0 spiro atoms. The summed E-state index contributed by atoms with van der Waals surface area (Å²) in [6, 6.07) is 0. The molecule has 1 rings (SSSR count). The van der Waals surface area contributed by atoms with Crippen molar-refractivity contribution in [3.05, 3.63) is 11.8 Å². The molecule has 70 valence electrons. The Morgan fingerprint density at radius 3 is 1.92 bits per heavy atom. The number of rotatable bonds is 3. The molecule has 0 unspecified atom stereocenters. The standard InChI is InChI=1S/C4H7BO3.C2H6O2/c6-5(7)8-4-2-1-3-4;3-1-2-4/h2,6-7H,1,3H2;3-4H,1-2H2. The van der Waals surface area contributed by atoms with Crippen LogP contribution in [-0.2, 0) is 4.65 Å². The van der Waals surface area contributed by atoms with Gasteiger partial charge in [-0.1, -0.05) is 0 Å². The highest BCUT2D eigenvalue weighted by atomic mass is 16.6. The van der Waals surface area contributed by atoms with E-state index in [1.54, 1.807) is 0 Å². The van der Waals surface area contributed by atoms with Gasteiger partial charge in [0.1, 0.15) is 0 Å². The van der Waals surface area contributed by atoms with Crippen LogP contribution in [0, 0.1) is 0 Å². The van der Waals surface area contributed by atoms with Gasteiger partial charge in [0, 0.05) is 6.42 Å². The maximum Gasteiger partial charge on any atom is 0.707 e. The zero-order valence-corrected chi connectivity index (χ0v) is 6.68. The van der Waals surface area contributed by atoms with E-state index in [-0.39, 0.29) is 13.2 Å². The molecule has 0 heterocycles. The average molecular weight is 176 g/mol. The quantitative estimate of drug-likeness (QED) is 0.398. The fraction of sp³-hybridized carbons (Fsp3) is 0.667. The Bertz CT molecular complexity index is 134. The number of aliphatic hydroxyl groups is 2. The fourth-order valence-corrected chi connectivity index (χ4v) is 0.505. The Balaban J connectivity index is 0.000000261. The fourth-order valence-electron chi connectivity index (χ4n) is 0.505. The topological polar surface area (TPSA) is 90.2 Å². The van der Waals surface area contributed by atoms with E-state index in [9.17, 15) is 0 Å². The molecule has 0 aromatic heterocycles. The van der Waals surface area contributed by atoms with E-state index < -0.39 is 7.32 Å². The van der Waals surface area contributed by atoms with Crippen molar-refractivity contribution in [3.63, 3.8) is 0 Å². The van der Waals surface area contributed by atoms with Gasteiger partial charge in [-0.25, -0.2) is 0 Å². The second kappa shape index (κ2) is 7.11. The van der Waals surface area contributed by atoms with Crippen LogP contribution in [0.4, 0.5) is 0 Å². The molecule has 0 saturated carbocycles. The van der Waals surface area contributed by atoms with Crippen molar-refractivity contribution in [1.29, 1.82) is 0 Å². The minimum Gasteiger partial charge on any atom is -0.516 e. The average Bonchev–Trinajstić information content (AvgIpc) is 1.97. The number of hydrogen-bond donors (Lipinski definition) is 4. The lowest BCUT2D eigenvalue weighted by molar-refractivity contribution is 0.186. The molecule has 0 radical (unpaired) electrons. The SMILES string of the molecule is OB(O)OC1=CCC1.OCCO. The van der Waals surface area contributed by atoms with Gasteiger partial charge in [-0.3, -0.25) is 0 Å². The van der Waals surface area contributed by atoms with Gasteiger partial charge in [-0.15, -0.1) is 0 Å². The first-order chi connectivity index (χ1) is 5.70. The van der Waals surface area contributed by atoms with Crippen LogP contribution >= 0.6 is 0 Å². The minimum atomic E-state index is -1.64. The van der Waals surface area contributed by atoms with Gasteiger partial charge in [0.05, 0.1) is 19.0 Å². The molecule has 0 aliphatic heterocycles. The zero-order valence-electron chi connectivity index (χ0n) is 6.68. The normalized spacial score (nSPS) is 13.5. The summed E-state index contributed by atoms with van der Waals surface area (Å²) in [7, 11) is -1.64. The summed E-state index contributed by atoms with van der Waals surface area (Å²) in [5, 5.41) is 31.6. The van der Waals surface area contributed by atoms with Crippen molar-refractivity contribution in [3.8, 4) is 0 Å². The summed E-state index contributed by atoms with van der Waals surface area (Å²) in [5.41, 5.74) is 0. The van der Waals surface area contributed by atoms with Crippen molar-refractivity contribution < 1.29 is 24.9 Å². The molecule has 0 saturated heterocycles. The molecular formula is C6H13BO5. The van der Waals surface area contributed by atoms with Crippen LogP contribution in [0.2, 0.25) is 0 Å². The molecule has 1 aliphatic carbocycles. The molecule has 0 bridgehead atoms. The van der Waals surface area contributed by atoms with Gasteiger partial charge in [0.2, 0.25) is 0 Å². The number of allylic oxidation sites excluding steroid dienone is 2. The summed E-state index contributed by atoms with van der Waals surface area (Å²) in [5.74, 6) is 0.681. The van der Waals surface area contributed by atoms with E-state index in [4.69, 9.17) is 20.3 Å². The van der Waals surface area contributed by atoms with E-state index in [0.29, 0.717) is 5.76 Å². The third-order valence-corrected chi connectivity index (χ3v) is 1.12. The monoisotopic (exact) mass is 176 g/mol. The Morgan fingerprint density at radius 1 is 1.33 bits per heavy atom. The first kappa shape index (κ1) is 11.4. The zero-order chi connectivity index (χ0) is 9.40. The first-order valence-corrected chi connectivity index (χ1v) is 3.64. The maximum atomic E-state index is 8.18. The van der Waals surface area contributed by atoms with E-state index in [1.807, 2.05) is 6.08 Å². The van der Waals surface area contributed by atoms with Crippen LogP contribution in [0.5, 0.6) is 0 Å². The molecular weight excluding hydrogens is 163 g/mol. The molecule has 1 aliphatic rings. The Labute approximate surface area is 71.1 Å². The Kier molecular flexibility index (Phi) is 6.78. The molecule has 0 fully saturated rings. The maximum absolute atomic E-state index is 8.18. The van der Waals surface area contributed by atoms with E-state index in [0.717, 1.165) is 12.8 Å². The van der Waals surface area contributed by atoms with Crippen molar-refractivity contribution >= 4 is 7.32 Å². The van der Waals surface area contributed by atoms with E-state index in [2.05, 4.69) is 4.65 Å². The third-order valence-electron chi connectivity index (χ3n) is 1.12. The predicted molar refractivity (Wildman–Crippen MR) is 42.8 cm³/mol. The van der Waals surface area contributed by atoms with Crippen LogP contribution in [0.3, 0.4) is 0 Å². The molecule has 0 aromatic rings. The summed E-state index contributed by atoms with van der Waals surface area (Å²) in [6.07, 6.45) is 3.64. The van der Waals surface area contributed by atoms with Gasteiger partial charge >= 0.3 is 7.32 Å². The molecule has 0 amide bonds. The predicted octanol–water partition coefficient (Wildman–Crippen LogP) is -1.38. The second-order valence-corrected chi connectivity index (χ2v) is 2.10. The molecule has 0 atom stereocenters. The van der Waals surface area contributed by atoms with Crippen molar-refractivity contribution in [2.45, 2.75) is 12.8 Å².